The van der Waals surface area contributed by atoms with Crippen molar-refractivity contribution in [2.24, 2.45) is 5.10 Å². The maximum atomic E-state index is 11.1. The lowest BCUT2D eigenvalue weighted by Gasteiger charge is -2.08. The van der Waals surface area contributed by atoms with E-state index in [-0.39, 0.29) is 0 Å². The summed E-state index contributed by atoms with van der Waals surface area (Å²) in [6.45, 7) is 3.86. The molecule has 19 heavy (non-hydrogen) atoms. The van der Waals surface area contributed by atoms with Gasteiger partial charge in [-0.25, -0.2) is 9.67 Å². The van der Waals surface area contributed by atoms with Crippen molar-refractivity contribution in [1.82, 2.24) is 19.8 Å². The quantitative estimate of drug-likeness (QED) is 0.475. The molecule has 0 spiro atoms. The number of pyridine rings is 1. The Morgan fingerprint density at radius 1 is 1.63 bits per heavy atom. The van der Waals surface area contributed by atoms with E-state index in [4.69, 9.17) is 11.6 Å². The van der Waals surface area contributed by atoms with Crippen molar-refractivity contribution in [3.63, 3.8) is 0 Å². The number of carbonyl (C=O) groups is 1. The fourth-order valence-electron chi connectivity index (χ4n) is 1.60. The van der Waals surface area contributed by atoms with E-state index < -0.39 is 0 Å². The Morgan fingerprint density at radius 3 is 3.05 bits per heavy atom. The summed E-state index contributed by atoms with van der Waals surface area (Å²) in [6, 6.07) is 5.07. The first kappa shape index (κ1) is 13.2. The van der Waals surface area contributed by atoms with Crippen molar-refractivity contribution < 1.29 is 4.79 Å². The Hall–Kier alpha value is -2.21. The SMILES string of the molecule is C=NN(C)Cc1cc(C=O)n(-c2ncccc2Cl)n1. The van der Waals surface area contributed by atoms with Gasteiger partial charge < -0.3 is 0 Å². The molecule has 0 aliphatic heterocycles. The summed E-state index contributed by atoms with van der Waals surface area (Å²) in [6.07, 6.45) is 2.30. The summed E-state index contributed by atoms with van der Waals surface area (Å²) < 4.78 is 1.42. The minimum atomic E-state index is 0.382. The molecule has 0 aliphatic carbocycles. The fourth-order valence-corrected chi connectivity index (χ4v) is 1.80. The molecule has 0 saturated heterocycles. The van der Waals surface area contributed by atoms with E-state index in [1.165, 1.54) is 4.68 Å². The van der Waals surface area contributed by atoms with Gasteiger partial charge in [0.15, 0.2) is 12.1 Å². The van der Waals surface area contributed by atoms with Crippen LogP contribution in [-0.2, 0) is 6.54 Å². The maximum absolute atomic E-state index is 11.1. The maximum Gasteiger partial charge on any atom is 0.172 e. The van der Waals surface area contributed by atoms with Crippen LogP contribution in [0.1, 0.15) is 16.2 Å². The van der Waals surface area contributed by atoms with E-state index in [0.29, 0.717) is 35.1 Å². The van der Waals surface area contributed by atoms with E-state index in [1.807, 2.05) is 0 Å². The van der Waals surface area contributed by atoms with E-state index in [2.05, 4.69) is 21.9 Å². The number of halogens is 1. The van der Waals surface area contributed by atoms with Gasteiger partial charge in [0.05, 0.1) is 17.3 Å². The molecule has 2 rings (SSSR count). The number of hydrogen-bond donors (Lipinski definition) is 0. The number of aldehydes is 1. The Morgan fingerprint density at radius 2 is 2.42 bits per heavy atom. The summed E-state index contributed by atoms with van der Waals surface area (Å²) in [7, 11) is 1.76. The molecule has 0 fully saturated rings. The van der Waals surface area contributed by atoms with Crippen molar-refractivity contribution in [2.45, 2.75) is 6.54 Å². The number of nitrogens with zero attached hydrogens (tertiary/aromatic N) is 5. The first-order valence-electron chi connectivity index (χ1n) is 5.48. The lowest BCUT2D eigenvalue weighted by Crippen LogP contribution is -2.10. The summed E-state index contributed by atoms with van der Waals surface area (Å²) in [5.74, 6) is 0.423. The van der Waals surface area contributed by atoms with E-state index in [0.717, 1.165) is 0 Å². The number of carbonyl (C=O) groups excluding carboxylic acids is 1. The highest BCUT2D eigenvalue weighted by Gasteiger charge is 2.13. The van der Waals surface area contributed by atoms with Crippen LogP contribution in [0.4, 0.5) is 0 Å². The van der Waals surface area contributed by atoms with Gasteiger partial charge in [0.25, 0.3) is 0 Å². The molecule has 0 atom stereocenters. The van der Waals surface area contributed by atoms with Crippen LogP contribution in [0, 0.1) is 0 Å². The highest BCUT2D eigenvalue weighted by molar-refractivity contribution is 6.32. The Labute approximate surface area is 115 Å². The molecule has 0 radical (unpaired) electrons. The molecule has 0 bridgehead atoms. The minimum absolute atomic E-state index is 0.382. The average Bonchev–Trinajstić information content (AvgIpc) is 2.81. The zero-order valence-electron chi connectivity index (χ0n) is 10.3. The molecular weight excluding hydrogens is 266 g/mol. The smallest absolute Gasteiger partial charge is 0.172 e. The molecule has 0 N–H and O–H groups in total. The van der Waals surface area contributed by atoms with Crippen molar-refractivity contribution in [1.29, 1.82) is 0 Å². The van der Waals surface area contributed by atoms with Gasteiger partial charge in [-0.1, -0.05) is 11.6 Å². The van der Waals surface area contributed by atoms with Gasteiger partial charge in [-0.3, -0.25) is 9.80 Å². The third kappa shape index (κ3) is 2.79. The number of rotatable bonds is 5. The molecule has 0 unspecified atom stereocenters. The van der Waals surface area contributed by atoms with Gasteiger partial charge in [0, 0.05) is 20.0 Å². The largest absolute Gasteiger partial charge is 0.296 e. The molecule has 7 heteroatoms. The highest BCUT2D eigenvalue weighted by atomic mass is 35.5. The topological polar surface area (TPSA) is 63.4 Å². The Kier molecular flexibility index (Phi) is 3.91. The van der Waals surface area contributed by atoms with Crippen LogP contribution < -0.4 is 0 Å². The predicted octanol–water partition coefficient (Wildman–Crippen LogP) is 1.78. The summed E-state index contributed by atoms with van der Waals surface area (Å²) in [5.41, 5.74) is 1.06. The second kappa shape index (κ2) is 5.62. The first-order chi connectivity index (χ1) is 9.15. The number of hydrogen-bond acceptors (Lipinski definition) is 5. The van der Waals surface area contributed by atoms with Gasteiger partial charge in [0.1, 0.15) is 5.69 Å². The summed E-state index contributed by atoms with van der Waals surface area (Å²) in [4.78, 5) is 15.2. The molecule has 0 aliphatic rings. The third-order valence-electron chi connectivity index (χ3n) is 2.48. The molecule has 2 aromatic rings. The van der Waals surface area contributed by atoms with Crippen molar-refractivity contribution in [3.05, 3.63) is 40.8 Å². The standard InChI is InChI=1S/C12H12ClN5O/c1-14-17(2)7-9-6-10(8-19)18(16-9)12-11(13)4-3-5-15-12/h3-6,8H,1,7H2,2H3. The summed E-state index contributed by atoms with van der Waals surface area (Å²) in [5, 5.41) is 10.1. The van der Waals surface area contributed by atoms with Gasteiger partial charge in [-0.05, 0) is 18.2 Å². The van der Waals surface area contributed by atoms with Crippen LogP contribution in [0.25, 0.3) is 5.82 Å². The van der Waals surface area contributed by atoms with Crippen LogP contribution in [0.3, 0.4) is 0 Å². The molecule has 2 heterocycles. The Balaban J connectivity index is 2.43. The molecule has 98 valence electrons. The van der Waals surface area contributed by atoms with Crippen LogP contribution in [0.5, 0.6) is 0 Å². The molecule has 0 amide bonds. The number of hydrazone groups is 1. The highest BCUT2D eigenvalue weighted by Crippen LogP contribution is 2.18. The van der Waals surface area contributed by atoms with E-state index >= 15 is 0 Å². The van der Waals surface area contributed by atoms with Gasteiger partial charge in [0.2, 0.25) is 0 Å². The zero-order valence-corrected chi connectivity index (χ0v) is 11.1. The molecular formula is C12H12ClN5O. The summed E-state index contributed by atoms with van der Waals surface area (Å²) >= 11 is 6.05. The van der Waals surface area contributed by atoms with Crippen LogP contribution in [0.2, 0.25) is 5.02 Å². The third-order valence-corrected chi connectivity index (χ3v) is 2.78. The Bertz CT molecular complexity index is 610. The normalized spacial score (nSPS) is 10.2. The fraction of sp³-hybridized carbons (Fsp3) is 0.167. The van der Waals surface area contributed by atoms with Gasteiger partial charge >= 0.3 is 0 Å². The van der Waals surface area contributed by atoms with Crippen molar-refractivity contribution >= 4 is 24.6 Å². The van der Waals surface area contributed by atoms with Crippen LogP contribution >= 0.6 is 11.6 Å². The van der Waals surface area contributed by atoms with Crippen molar-refractivity contribution in [3.8, 4) is 5.82 Å². The lowest BCUT2D eigenvalue weighted by atomic mass is 10.3. The van der Waals surface area contributed by atoms with E-state index in [9.17, 15) is 4.79 Å². The molecule has 2 aromatic heterocycles. The molecule has 0 saturated carbocycles. The molecule has 6 nitrogen and oxygen atoms in total. The zero-order chi connectivity index (χ0) is 13.8. The van der Waals surface area contributed by atoms with Gasteiger partial charge in [-0.15, -0.1) is 0 Å². The van der Waals surface area contributed by atoms with Crippen molar-refractivity contribution in [2.75, 3.05) is 7.05 Å². The second-order valence-corrected chi connectivity index (χ2v) is 4.26. The molecule has 0 aromatic carbocycles. The van der Waals surface area contributed by atoms with Gasteiger partial charge in [-0.2, -0.15) is 10.2 Å². The minimum Gasteiger partial charge on any atom is -0.296 e. The lowest BCUT2D eigenvalue weighted by molar-refractivity contribution is 0.111. The monoisotopic (exact) mass is 277 g/mol. The average molecular weight is 278 g/mol. The second-order valence-electron chi connectivity index (χ2n) is 3.86. The van der Waals surface area contributed by atoms with Crippen LogP contribution in [0.15, 0.2) is 29.5 Å². The predicted molar refractivity (Wildman–Crippen MR) is 72.8 cm³/mol. The van der Waals surface area contributed by atoms with Crippen LogP contribution in [-0.4, -0.2) is 39.8 Å². The van der Waals surface area contributed by atoms with E-state index in [1.54, 1.807) is 36.5 Å². The number of aromatic nitrogens is 3. The first-order valence-corrected chi connectivity index (χ1v) is 5.86.